The van der Waals surface area contributed by atoms with Gasteiger partial charge in [-0.05, 0) is 51.0 Å². The van der Waals surface area contributed by atoms with E-state index in [1.54, 1.807) is 23.2 Å². The Hall–Kier alpha value is -2.14. The highest BCUT2D eigenvalue weighted by atomic mass is 32.1. The van der Waals surface area contributed by atoms with Gasteiger partial charge in [0.15, 0.2) is 11.0 Å². The summed E-state index contributed by atoms with van der Waals surface area (Å²) in [6.07, 6.45) is 6.50. The Kier molecular flexibility index (Phi) is 6.34. The average Bonchev–Trinajstić information content (AvgIpc) is 3.36. The number of aryl methyl sites for hydroxylation is 1. The van der Waals surface area contributed by atoms with Crippen molar-refractivity contribution in [1.29, 1.82) is 0 Å². The Morgan fingerprint density at radius 2 is 2.03 bits per heavy atom. The first-order valence-corrected chi connectivity index (χ1v) is 12.6. The minimum Gasteiger partial charge on any atom is -0.353 e. The van der Waals surface area contributed by atoms with Gasteiger partial charge in [0, 0.05) is 30.9 Å². The molecule has 0 spiro atoms. The molecule has 33 heavy (non-hydrogen) atoms. The second-order valence-electron chi connectivity index (χ2n) is 9.58. The highest BCUT2D eigenvalue weighted by molar-refractivity contribution is 7.15. The molecule has 0 unspecified atom stereocenters. The van der Waals surface area contributed by atoms with Crippen LogP contribution in [-0.4, -0.2) is 64.1 Å². The van der Waals surface area contributed by atoms with E-state index in [-0.39, 0.29) is 31.5 Å². The zero-order valence-electron chi connectivity index (χ0n) is 18.9. The van der Waals surface area contributed by atoms with E-state index in [1.807, 2.05) is 0 Å². The van der Waals surface area contributed by atoms with Gasteiger partial charge in [0.25, 0.3) is 5.92 Å². The number of aromatic nitrogens is 3. The van der Waals surface area contributed by atoms with Gasteiger partial charge in [-0.3, -0.25) is 9.69 Å². The Morgan fingerprint density at radius 3 is 2.73 bits per heavy atom. The summed E-state index contributed by atoms with van der Waals surface area (Å²) in [6.45, 7) is 4.16. The predicted octanol–water partition coefficient (Wildman–Crippen LogP) is 2.96. The molecule has 0 aromatic carbocycles. The second kappa shape index (κ2) is 9.25. The molecule has 0 bridgehead atoms. The van der Waals surface area contributed by atoms with E-state index in [0.717, 1.165) is 69.0 Å². The van der Waals surface area contributed by atoms with Crippen molar-refractivity contribution in [3.63, 3.8) is 0 Å². The maximum Gasteiger partial charge on any atom is 0.282 e. The number of fused-ring (bicyclic) bond motifs is 1. The summed E-state index contributed by atoms with van der Waals surface area (Å²) < 4.78 is 31.3. The molecule has 3 aliphatic rings. The highest BCUT2D eigenvalue weighted by Crippen LogP contribution is 2.37. The molecule has 11 heteroatoms. The van der Waals surface area contributed by atoms with Crippen molar-refractivity contribution in [3.8, 4) is 0 Å². The number of thiazole rings is 1. The number of carbonyl (C=O) groups is 1. The van der Waals surface area contributed by atoms with E-state index in [4.69, 9.17) is 4.52 Å². The Balaban J connectivity index is 1.02. The lowest BCUT2D eigenvalue weighted by Crippen LogP contribution is -2.56. The van der Waals surface area contributed by atoms with Crippen LogP contribution < -0.4 is 10.2 Å². The maximum atomic E-state index is 13.2. The number of halogens is 2. The van der Waals surface area contributed by atoms with Crippen molar-refractivity contribution in [3.05, 3.63) is 22.3 Å². The number of anilines is 1. The first-order valence-electron chi connectivity index (χ1n) is 11.8. The number of rotatable bonds is 7. The van der Waals surface area contributed by atoms with Crippen LogP contribution in [0.25, 0.3) is 0 Å². The van der Waals surface area contributed by atoms with Gasteiger partial charge in [-0.1, -0.05) is 5.16 Å². The third-order valence-corrected chi connectivity index (χ3v) is 8.08. The van der Waals surface area contributed by atoms with E-state index >= 15 is 0 Å². The molecule has 2 aliphatic heterocycles. The molecule has 0 atom stereocenters. The molecule has 1 saturated carbocycles. The van der Waals surface area contributed by atoms with Gasteiger partial charge in [-0.15, -0.1) is 11.3 Å². The summed E-state index contributed by atoms with van der Waals surface area (Å²) in [5.41, 5.74) is 1.07. The van der Waals surface area contributed by atoms with Gasteiger partial charge in [0.1, 0.15) is 0 Å². The van der Waals surface area contributed by atoms with Crippen LogP contribution in [0.3, 0.4) is 0 Å². The van der Waals surface area contributed by atoms with Crippen molar-refractivity contribution in [2.24, 2.45) is 5.92 Å². The number of amides is 1. The molecule has 2 fully saturated rings. The third-order valence-electron chi connectivity index (χ3n) is 6.86. The molecule has 1 aliphatic carbocycles. The summed E-state index contributed by atoms with van der Waals surface area (Å²) in [4.78, 5) is 26.4. The van der Waals surface area contributed by atoms with Crippen molar-refractivity contribution in [2.45, 2.75) is 70.4 Å². The molecule has 2 aromatic heterocycles. The molecular formula is C22H30F2N6O2S. The number of carbonyl (C=O) groups excluding carboxylic acids is 1. The lowest BCUT2D eigenvalue weighted by molar-refractivity contribution is -0.121. The fourth-order valence-electron chi connectivity index (χ4n) is 5.01. The van der Waals surface area contributed by atoms with Gasteiger partial charge in [-0.2, -0.15) is 4.98 Å². The molecule has 180 valence electrons. The zero-order valence-corrected chi connectivity index (χ0v) is 19.7. The highest BCUT2D eigenvalue weighted by Gasteiger charge is 2.45. The van der Waals surface area contributed by atoms with E-state index < -0.39 is 5.92 Å². The third kappa shape index (κ3) is 5.51. The fourth-order valence-corrected chi connectivity index (χ4v) is 6.06. The van der Waals surface area contributed by atoms with Gasteiger partial charge in [0.05, 0.1) is 25.2 Å². The lowest BCUT2D eigenvalue weighted by atomic mass is 9.84. The molecular weight excluding hydrogens is 450 g/mol. The van der Waals surface area contributed by atoms with Crippen LogP contribution in [0.5, 0.6) is 0 Å². The summed E-state index contributed by atoms with van der Waals surface area (Å²) >= 11 is 1.58. The Labute approximate surface area is 195 Å². The molecule has 0 radical (unpaired) electrons. The molecule has 2 aromatic rings. The van der Waals surface area contributed by atoms with Crippen molar-refractivity contribution in [1.82, 2.24) is 25.3 Å². The van der Waals surface area contributed by atoms with Gasteiger partial charge < -0.3 is 14.7 Å². The van der Waals surface area contributed by atoms with E-state index in [9.17, 15) is 13.6 Å². The molecule has 4 heterocycles. The second-order valence-corrected chi connectivity index (χ2v) is 10.6. The van der Waals surface area contributed by atoms with Crippen LogP contribution >= 0.6 is 11.3 Å². The van der Waals surface area contributed by atoms with Crippen molar-refractivity contribution < 1.29 is 18.1 Å². The van der Waals surface area contributed by atoms with Gasteiger partial charge in [0.2, 0.25) is 11.8 Å². The van der Waals surface area contributed by atoms with E-state index in [2.05, 4.69) is 25.3 Å². The standard InChI is InChI=1S/C22H30F2N6O2S/c1-14-25-19(28-32-14)10-20(31)26-16-4-2-15(3-5-16)6-8-29-9-7-18-17(11-29)27-21(33-18)30-12-22(23,24)13-30/h15-16H,2-13H2,1H3,(H,26,31). The number of nitrogens with zero attached hydrogens (tertiary/aromatic N) is 5. The maximum absolute atomic E-state index is 13.2. The van der Waals surface area contributed by atoms with E-state index in [0.29, 0.717) is 17.6 Å². The number of hydrogen-bond acceptors (Lipinski definition) is 8. The predicted molar refractivity (Wildman–Crippen MR) is 119 cm³/mol. The summed E-state index contributed by atoms with van der Waals surface area (Å²) in [5, 5.41) is 7.64. The Morgan fingerprint density at radius 1 is 1.24 bits per heavy atom. The van der Waals surface area contributed by atoms with Crippen LogP contribution in [0.2, 0.25) is 0 Å². The topological polar surface area (TPSA) is 87.4 Å². The first-order chi connectivity index (χ1) is 15.8. The van der Waals surface area contributed by atoms with Crippen LogP contribution in [0, 0.1) is 12.8 Å². The molecule has 8 nitrogen and oxygen atoms in total. The average molecular weight is 481 g/mol. The van der Waals surface area contributed by atoms with Gasteiger partial charge in [-0.25, -0.2) is 13.8 Å². The molecule has 1 amide bonds. The van der Waals surface area contributed by atoms with Gasteiger partial charge >= 0.3 is 0 Å². The minimum atomic E-state index is -2.56. The first kappa shape index (κ1) is 22.6. The quantitative estimate of drug-likeness (QED) is 0.652. The van der Waals surface area contributed by atoms with Crippen molar-refractivity contribution >= 4 is 22.4 Å². The van der Waals surface area contributed by atoms with Crippen LogP contribution in [0.15, 0.2) is 4.52 Å². The van der Waals surface area contributed by atoms with Crippen LogP contribution in [-0.2, 0) is 24.2 Å². The zero-order chi connectivity index (χ0) is 23.0. The lowest BCUT2D eigenvalue weighted by Gasteiger charge is -2.38. The smallest absolute Gasteiger partial charge is 0.282 e. The normalized spacial score (nSPS) is 24.9. The summed E-state index contributed by atoms with van der Waals surface area (Å²) in [7, 11) is 0. The minimum absolute atomic E-state index is 0.0482. The number of alkyl halides is 2. The monoisotopic (exact) mass is 480 g/mol. The number of nitrogens with one attached hydrogen (secondary N) is 1. The fraction of sp³-hybridized carbons (Fsp3) is 0.727. The summed E-state index contributed by atoms with van der Waals surface area (Å²) in [6, 6.07) is 0.224. The van der Waals surface area contributed by atoms with E-state index in [1.165, 1.54) is 4.88 Å². The van der Waals surface area contributed by atoms with Crippen LogP contribution in [0.1, 0.15) is 54.4 Å². The molecule has 5 rings (SSSR count). The largest absolute Gasteiger partial charge is 0.353 e. The number of hydrogen-bond donors (Lipinski definition) is 1. The van der Waals surface area contributed by atoms with Crippen molar-refractivity contribution in [2.75, 3.05) is 31.1 Å². The SMILES string of the molecule is Cc1nc(CC(=O)NC2CCC(CCN3CCc4sc(N5CC(F)(F)C5)nc4C3)CC2)no1. The van der Waals surface area contributed by atoms with Crippen LogP contribution in [0.4, 0.5) is 13.9 Å². The summed E-state index contributed by atoms with van der Waals surface area (Å²) in [5.74, 6) is -1.03. The molecule has 1 saturated heterocycles. The molecule has 1 N–H and O–H groups in total. The Bertz CT molecular complexity index is 979.